The van der Waals surface area contributed by atoms with Crippen molar-refractivity contribution in [3.8, 4) is 5.69 Å². The minimum absolute atomic E-state index is 0.722. The highest BCUT2D eigenvalue weighted by atomic mass is 35.5. The van der Waals surface area contributed by atoms with Crippen LogP contribution < -0.4 is 4.90 Å². The zero-order valence-corrected chi connectivity index (χ0v) is 15.1. The van der Waals surface area contributed by atoms with Crippen molar-refractivity contribution in [2.24, 2.45) is 0 Å². The van der Waals surface area contributed by atoms with Gasteiger partial charge in [-0.15, -0.1) is 0 Å². The molecule has 3 aromatic rings. The normalized spacial score (nSPS) is 11.2. The number of nitrogens with zero attached hydrogens (tertiary/aromatic N) is 5. The van der Waals surface area contributed by atoms with Gasteiger partial charge in [-0.25, -0.2) is 14.6 Å². The standard InChI is InChI=1S/C18H22ClN5/c1-4-8-23(9-5-2)17-15-11-22-24(18(15)21-12-20-17)16-7-6-14(19)10-13(16)3/h6-7,10-12H,4-5,8-9H2,1-3H3. The van der Waals surface area contributed by atoms with Gasteiger partial charge in [-0.05, 0) is 43.5 Å². The van der Waals surface area contributed by atoms with Gasteiger partial charge in [0.2, 0.25) is 0 Å². The third kappa shape index (κ3) is 3.08. The van der Waals surface area contributed by atoms with Gasteiger partial charge in [0.05, 0.1) is 17.3 Å². The Morgan fingerprint density at radius 2 is 1.88 bits per heavy atom. The molecule has 126 valence electrons. The van der Waals surface area contributed by atoms with Crippen LogP contribution in [0.2, 0.25) is 5.02 Å². The molecule has 2 aromatic heterocycles. The Labute approximate surface area is 147 Å². The maximum Gasteiger partial charge on any atom is 0.168 e. The minimum Gasteiger partial charge on any atom is -0.356 e. The number of halogens is 1. The number of hydrogen-bond acceptors (Lipinski definition) is 4. The Morgan fingerprint density at radius 3 is 2.54 bits per heavy atom. The number of aromatic nitrogens is 4. The number of rotatable bonds is 6. The molecule has 0 saturated heterocycles. The molecule has 1 aromatic carbocycles. The Balaban J connectivity index is 2.12. The molecule has 0 unspecified atom stereocenters. The van der Waals surface area contributed by atoms with Gasteiger partial charge in [0, 0.05) is 18.1 Å². The molecule has 5 nitrogen and oxygen atoms in total. The lowest BCUT2D eigenvalue weighted by atomic mass is 10.2. The van der Waals surface area contributed by atoms with E-state index < -0.39 is 0 Å². The van der Waals surface area contributed by atoms with E-state index in [1.165, 1.54) is 0 Å². The number of hydrogen-bond donors (Lipinski definition) is 0. The molecule has 0 aliphatic carbocycles. The molecule has 0 saturated carbocycles. The molecule has 6 heteroatoms. The van der Waals surface area contributed by atoms with Crippen molar-refractivity contribution in [2.75, 3.05) is 18.0 Å². The van der Waals surface area contributed by atoms with E-state index in [9.17, 15) is 0 Å². The maximum atomic E-state index is 6.07. The van der Waals surface area contributed by atoms with Gasteiger partial charge in [0.15, 0.2) is 5.65 Å². The van der Waals surface area contributed by atoms with E-state index in [-0.39, 0.29) is 0 Å². The zero-order chi connectivity index (χ0) is 17.1. The van der Waals surface area contributed by atoms with E-state index in [0.717, 1.165) is 59.1 Å². The molecule has 0 bridgehead atoms. The Morgan fingerprint density at radius 1 is 1.12 bits per heavy atom. The summed E-state index contributed by atoms with van der Waals surface area (Å²) in [6.45, 7) is 8.34. The molecule has 0 aliphatic rings. The van der Waals surface area contributed by atoms with Gasteiger partial charge >= 0.3 is 0 Å². The van der Waals surface area contributed by atoms with Crippen LogP contribution in [-0.2, 0) is 0 Å². The molecule has 0 fully saturated rings. The summed E-state index contributed by atoms with van der Waals surface area (Å²) < 4.78 is 1.86. The predicted molar refractivity (Wildman–Crippen MR) is 99.2 cm³/mol. The van der Waals surface area contributed by atoms with Crippen LogP contribution >= 0.6 is 11.6 Å². The van der Waals surface area contributed by atoms with E-state index in [1.807, 2.05) is 36.0 Å². The fourth-order valence-electron chi connectivity index (χ4n) is 2.98. The average Bonchev–Trinajstić information content (AvgIpc) is 2.99. The van der Waals surface area contributed by atoms with Crippen molar-refractivity contribution >= 4 is 28.5 Å². The van der Waals surface area contributed by atoms with Crippen molar-refractivity contribution in [3.05, 3.63) is 41.3 Å². The first-order valence-electron chi connectivity index (χ1n) is 8.35. The fourth-order valence-corrected chi connectivity index (χ4v) is 3.21. The first kappa shape index (κ1) is 16.7. The Kier molecular flexibility index (Phi) is 5.00. The molecule has 0 amide bonds. The van der Waals surface area contributed by atoms with Crippen LogP contribution in [0.1, 0.15) is 32.3 Å². The molecule has 0 atom stereocenters. The zero-order valence-electron chi connectivity index (χ0n) is 14.3. The van der Waals surface area contributed by atoms with Gasteiger partial charge in [0.1, 0.15) is 12.1 Å². The number of anilines is 1. The smallest absolute Gasteiger partial charge is 0.168 e. The van der Waals surface area contributed by atoms with E-state index in [2.05, 4.69) is 33.8 Å². The van der Waals surface area contributed by atoms with Crippen molar-refractivity contribution in [2.45, 2.75) is 33.6 Å². The summed E-state index contributed by atoms with van der Waals surface area (Å²) in [5.41, 5.74) is 2.87. The van der Waals surface area contributed by atoms with Crippen LogP contribution in [-0.4, -0.2) is 32.8 Å². The molecule has 24 heavy (non-hydrogen) atoms. The summed E-state index contributed by atoms with van der Waals surface area (Å²) in [5.74, 6) is 0.960. The Hall–Kier alpha value is -2.14. The highest BCUT2D eigenvalue weighted by molar-refractivity contribution is 6.30. The van der Waals surface area contributed by atoms with Crippen LogP contribution in [0.15, 0.2) is 30.7 Å². The van der Waals surface area contributed by atoms with Gasteiger partial charge in [0.25, 0.3) is 0 Å². The second-order valence-corrected chi connectivity index (χ2v) is 6.35. The van der Waals surface area contributed by atoms with E-state index in [0.29, 0.717) is 0 Å². The van der Waals surface area contributed by atoms with Crippen LogP contribution in [0.5, 0.6) is 0 Å². The van der Waals surface area contributed by atoms with Crippen molar-refractivity contribution in [3.63, 3.8) is 0 Å². The second-order valence-electron chi connectivity index (χ2n) is 5.91. The number of aryl methyl sites for hydroxylation is 1. The van der Waals surface area contributed by atoms with Crippen LogP contribution in [0.4, 0.5) is 5.82 Å². The average molecular weight is 344 g/mol. The maximum absolute atomic E-state index is 6.07. The molecular weight excluding hydrogens is 322 g/mol. The summed E-state index contributed by atoms with van der Waals surface area (Å²) in [6, 6.07) is 5.79. The van der Waals surface area contributed by atoms with Crippen LogP contribution in [0.25, 0.3) is 16.7 Å². The summed E-state index contributed by atoms with van der Waals surface area (Å²) in [7, 11) is 0. The monoisotopic (exact) mass is 343 g/mol. The lowest BCUT2D eigenvalue weighted by molar-refractivity contribution is 0.736. The van der Waals surface area contributed by atoms with Crippen molar-refractivity contribution < 1.29 is 0 Å². The van der Waals surface area contributed by atoms with E-state index in [1.54, 1.807) is 6.33 Å². The fraction of sp³-hybridized carbons (Fsp3) is 0.389. The highest BCUT2D eigenvalue weighted by Gasteiger charge is 2.16. The van der Waals surface area contributed by atoms with Gasteiger partial charge in [-0.1, -0.05) is 25.4 Å². The van der Waals surface area contributed by atoms with Crippen molar-refractivity contribution in [1.29, 1.82) is 0 Å². The van der Waals surface area contributed by atoms with E-state index in [4.69, 9.17) is 11.6 Å². The summed E-state index contributed by atoms with van der Waals surface area (Å²) in [4.78, 5) is 11.3. The molecule has 0 aliphatic heterocycles. The molecular formula is C18H22ClN5. The third-order valence-corrected chi connectivity index (χ3v) is 4.25. The molecule has 0 spiro atoms. The predicted octanol–water partition coefficient (Wildman–Crippen LogP) is 4.40. The van der Waals surface area contributed by atoms with Crippen LogP contribution in [0, 0.1) is 6.92 Å². The van der Waals surface area contributed by atoms with Gasteiger partial charge in [-0.3, -0.25) is 0 Å². The first-order chi connectivity index (χ1) is 11.7. The number of benzene rings is 1. The van der Waals surface area contributed by atoms with Crippen LogP contribution in [0.3, 0.4) is 0 Å². The molecule has 2 heterocycles. The SMILES string of the molecule is CCCN(CCC)c1ncnc2c1cnn2-c1ccc(Cl)cc1C. The minimum atomic E-state index is 0.722. The van der Waals surface area contributed by atoms with Gasteiger partial charge < -0.3 is 4.90 Å². The molecule has 0 radical (unpaired) electrons. The Bertz CT molecular complexity index is 837. The lowest BCUT2D eigenvalue weighted by Gasteiger charge is -2.22. The lowest BCUT2D eigenvalue weighted by Crippen LogP contribution is -2.26. The van der Waals surface area contributed by atoms with Crippen molar-refractivity contribution in [1.82, 2.24) is 19.7 Å². The topological polar surface area (TPSA) is 46.8 Å². The summed E-state index contributed by atoms with van der Waals surface area (Å²) in [6.07, 6.45) is 5.64. The summed E-state index contributed by atoms with van der Waals surface area (Å²) >= 11 is 6.07. The first-order valence-corrected chi connectivity index (χ1v) is 8.73. The second kappa shape index (κ2) is 7.18. The summed E-state index contributed by atoms with van der Waals surface area (Å²) in [5, 5.41) is 6.27. The molecule has 3 rings (SSSR count). The quantitative estimate of drug-likeness (QED) is 0.665. The number of fused-ring (bicyclic) bond motifs is 1. The largest absolute Gasteiger partial charge is 0.356 e. The van der Waals surface area contributed by atoms with E-state index >= 15 is 0 Å². The van der Waals surface area contributed by atoms with Gasteiger partial charge in [-0.2, -0.15) is 5.10 Å². The molecule has 0 N–H and O–H groups in total. The highest BCUT2D eigenvalue weighted by Crippen LogP contribution is 2.27. The third-order valence-electron chi connectivity index (χ3n) is 4.02.